The molecule has 0 saturated carbocycles. The summed E-state index contributed by atoms with van der Waals surface area (Å²) >= 11 is 4.31. The van der Waals surface area contributed by atoms with Crippen LogP contribution in [0, 0.1) is 27.0 Å². The minimum Gasteiger partial charge on any atom is -0.480 e. The molecule has 43 heavy (non-hydrogen) atoms. The maximum atomic E-state index is 13.0. The third-order valence-electron chi connectivity index (χ3n) is 5.83. The Morgan fingerprint density at radius 1 is 0.977 bits per heavy atom. The summed E-state index contributed by atoms with van der Waals surface area (Å²) in [6.45, 7) is 23.8. The Balaban J connectivity index is 1.72. The largest absolute Gasteiger partial charge is 0.480 e. The number of ether oxygens (including phenoxy) is 1. The van der Waals surface area contributed by atoms with Crippen LogP contribution in [0.1, 0.15) is 38.3 Å². The molecule has 11 nitrogen and oxygen atoms in total. The number of carbonyl (C=O) groups excluding carboxylic acids is 2. The average molecular weight is 623 g/mol. The van der Waals surface area contributed by atoms with E-state index < -0.39 is 23.2 Å². The predicted molar refractivity (Wildman–Crippen MR) is 168 cm³/mol. The number of amides is 3. The third-order valence-corrected chi connectivity index (χ3v) is 7.42. The molecule has 0 aliphatic rings. The van der Waals surface area contributed by atoms with Crippen LogP contribution < -0.4 is 26.2 Å². The molecule has 0 spiro atoms. The summed E-state index contributed by atoms with van der Waals surface area (Å²) in [6, 6.07) is 12.1. The average Bonchev–Trinajstić information content (AvgIpc) is 2.96. The molecule has 2 atom stereocenters. The maximum Gasteiger partial charge on any atom is 0.337 e. The lowest BCUT2D eigenvalue weighted by molar-refractivity contribution is -0.122. The SMILES string of the molecule is [C-]#[N+]c1cc(NNC(=O)Nc2cc(NC(=O)C(CC)Oc3ccc(C)cc3C)ccc2Cl)c(S(=O)OC(C)C)cc1[N+]#[C-]. The second kappa shape index (κ2) is 15.0. The summed E-state index contributed by atoms with van der Waals surface area (Å²) in [5, 5.41) is 5.57. The molecular formula is C30H31ClN6O5S. The van der Waals surface area contributed by atoms with E-state index in [0.717, 1.165) is 11.1 Å². The van der Waals surface area contributed by atoms with Gasteiger partial charge in [-0.3, -0.25) is 29.5 Å². The Morgan fingerprint density at radius 2 is 1.67 bits per heavy atom. The van der Waals surface area contributed by atoms with E-state index in [0.29, 0.717) is 17.9 Å². The van der Waals surface area contributed by atoms with Crippen molar-refractivity contribution in [3.8, 4) is 5.75 Å². The summed E-state index contributed by atoms with van der Waals surface area (Å²) in [7, 11) is 0. The number of nitrogens with one attached hydrogen (secondary N) is 4. The number of carbonyl (C=O) groups is 2. The van der Waals surface area contributed by atoms with Crippen LogP contribution in [-0.4, -0.2) is 28.4 Å². The highest BCUT2D eigenvalue weighted by atomic mass is 35.5. The predicted octanol–water partition coefficient (Wildman–Crippen LogP) is 7.45. The smallest absolute Gasteiger partial charge is 0.337 e. The number of rotatable bonds is 11. The molecule has 4 N–H and O–H groups in total. The second-order valence-electron chi connectivity index (χ2n) is 9.61. The molecule has 3 aromatic carbocycles. The number of urea groups is 1. The second-order valence-corrected chi connectivity index (χ2v) is 11.1. The third kappa shape index (κ3) is 8.93. The highest BCUT2D eigenvalue weighted by Gasteiger charge is 2.21. The van der Waals surface area contributed by atoms with Gasteiger partial charge in [0.05, 0.1) is 40.5 Å². The highest BCUT2D eigenvalue weighted by Crippen LogP contribution is 2.36. The van der Waals surface area contributed by atoms with E-state index in [4.69, 9.17) is 33.7 Å². The van der Waals surface area contributed by atoms with E-state index in [-0.39, 0.29) is 44.7 Å². The van der Waals surface area contributed by atoms with Crippen LogP contribution in [0.3, 0.4) is 0 Å². The van der Waals surface area contributed by atoms with Crippen molar-refractivity contribution in [2.24, 2.45) is 0 Å². The molecule has 0 saturated heterocycles. The summed E-state index contributed by atoms with van der Waals surface area (Å²) in [6.07, 6.45) is -0.717. The van der Waals surface area contributed by atoms with E-state index in [1.54, 1.807) is 19.9 Å². The Bertz CT molecular complexity index is 1630. The van der Waals surface area contributed by atoms with Gasteiger partial charge >= 0.3 is 6.03 Å². The number of aryl methyl sites for hydroxylation is 2. The molecule has 3 amide bonds. The van der Waals surface area contributed by atoms with Gasteiger partial charge in [-0.25, -0.2) is 9.00 Å². The molecule has 0 heterocycles. The fourth-order valence-corrected chi connectivity index (χ4v) is 4.92. The molecule has 3 aromatic rings. The van der Waals surface area contributed by atoms with Crippen molar-refractivity contribution in [3.05, 3.63) is 87.5 Å². The molecule has 2 unspecified atom stereocenters. The van der Waals surface area contributed by atoms with Gasteiger partial charge in [-0.15, -0.1) is 0 Å². The summed E-state index contributed by atoms with van der Waals surface area (Å²) in [4.78, 5) is 32.5. The number of halogens is 1. The molecule has 0 radical (unpaired) electrons. The molecule has 0 aromatic heterocycles. The molecule has 224 valence electrons. The van der Waals surface area contributed by atoms with Crippen LogP contribution in [0.25, 0.3) is 9.69 Å². The first-order valence-corrected chi connectivity index (χ1v) is 14.6. The molecule has 0 bridgehead atoms. The number of nitrogens with zero attached hydrogens (tertiary/aromatic N) is 2. The van der Waals surface area contributed by atoms with E-state index >= 15 is 0 Å². The van der Waals surface area contributed by atoms with Gasteiger partial charge in [-0.05, 0) is 76.1 Å². The van der Waals surface area contributed by atoms with Crippen molar-refractivity contribution in [2.45, 2.75) is 58.1 Å². The molecule has 3 rings (SSSR count). The van der Waals surface area contributed by atoms with Gasteiger partial charge in [0.25, 0.3) is 5.91 Å². The van der Waals surface area contributed by atoms with E-state index in [2.05, 4.69) is 31.2 Å². The zero-order valence-electron chi connectivity index (χ0n) is 24.2. The molecule has 0 aliphatic carbocycles. The van der Waals surface area contributed by atoms with Crippen LogP contribution in [0.4, 0.5) is 33.2 Å². The Labute approximate surface area is 258 Å². The van der Waals surface area contributed by atoms with Gasteiger partial charge in [0.2, 0.25) is 0 Å². The van der Waals surface area contributed by atoms with Crippen molar-refractivity contribution in [3.63, 3.8) is 0 Å². The van der Waals surface area contributed by atoms with Crippen LogP contribution in [0.2, 0.25) is 5.02 Å². The first kappa shape index (κ1) is 32.9. The van der Waals surface area contributed by atoms with E-state index in [9.17, 15) is 13.8 Å². The summed E-state index contributed by atoms with van der Waals surface area (Å²) in [5.74, 6) is 0.245. The number of hydrazine groups is 1. The molecule has 0 fully saturated rings. The monoisotopic (exact) mass is 622 g/mol. The van der Waals surface area contributed by atoms with Crippen LogP contribution >= 0.6 is 11.6 Å². The Hall–Kier alpha value is -4.62. The van der Waals surface area contributed by atoms with Crippen molar-refractivity contribution < 1.29 is 22.7 Å². The zero-order chi connectivity index (χ0) is 31.7. The number of benzene rings is 3. The molecule has 13 heteroatoms. The van der Waals surface area contributed by atoms with Crippen LogP contribution in [0.5, 0.6) is 5.75 Å². The number of hydrogen-bond donors (Lipinski definition) is 4. The molecule has 0 aliphatic heterocycles. The van der Waals surface area contributed by atoms with Crippen molar-refractivity contribution in [2.75, 3.05) is 16.1 Å². The van der Waals surface area contributed by atoms with Gasteiger partial charge in [0.1, 0.15) is 5.75 Å². The normalized spacial score (nSPS) is 11.9. The quantitative estimate of drug-likeness (QED) is 0.130. The maximum absolute atomic E-state index is 13.0. The first-order chi connectivity index (χ1) is 20.4. The Kier molecular flexibility index (Phi) is 11.5. The van der Waals surface area contributed by atoms with Gasteiger partial charge in [0.15, 0.2) is 28.6 Å². The van der Waals surface area contributed by atoms with Crippen molar-refractivity contribution in [1.82, 2.24) is 5.43 Å². The lowest BCUT2D eigenvalue weighted by Crippen LogP contribution is -2.34. The number of hydrogen-bond acceptors (Lipinski definition) is 6. The fraction of sp³-hybridized carbons (Fsp3) is 0.267. The van der Waals surface area contributed by atoms with Gasteiger partial charge < -0.3 is 15.4 Å². The summed E-state index contributed by atoms with van der Waals surface area (Å²) < 4.78 is 24.0. The number of anilines is 3. The summed E-state index contributed by atoms with van der Waals surface area (Å²) in [5.41, 5.74) is 7.70. The van der Waals surface area contributed by atoms with Gasteiger partial charge in [-0.2, -0.15) is 0 Å². The lowest BCUT2D eigenvalue weighted by atomic mass is 10.1. The van der Waals surface area contributed by atoms with E-state index in [1.165, 1.54) is 24.3 Å². The highest BCUT2D eigenvalue weighted by molar-refractivity contribution is 7.80. The van der Waals surface area contributed by atoms with Crippen molar-refractivity contribution >= 4 is 63.1 Å². The van der Waals surface area contributed by atoms with E-state index in [1.807, 2.05) is 39.0 Å². The van der Waals surface area contributed by atoms with Crippen LogP contribution in [0.15, 0.2) is 53.4 Å². The fourth-order valence-electron chi connectivity index (χ4n) is 3.81. The topological polar surface area (TPSA) is 127 Å². The Morgan fingerprint density at radius 3 is 2.30 bits per heavy atom. The standard InChI is InChI=1S/C30H31ClN6O5S/c1-8-26(41-27-12-9-18(4)13-19(27)5)29(38)34-20-10-11-21(31)22(14-20)35-30(39)37-36-25-15-23(32-6)24(33-7)16-28(25)43(40)42-17(2)3/h9-17,26,36H,8H2,1-5H3,(H,34,38)(H2,35,37,39). The minimum absolute atomic E-state index is 0.00314. The van der Waals surface area contributed by atoms with Gasteiger partial charge in [0, 0.05) is 5.69 Å². The minimum atomic E-state index is -1.99. The van der Waals surface area contributed by atoms with Crippen molar-refractivity contribution in [1.29, 1.82) is 0 Å². The first-order valence-electron chi connectivity index (χ1n) is 13.1. The molecular weight excluding hydrogens is 592 g/mol. The lowest BCUT2D eigenvalue weighted by Gasteiger charge is -2.19. The zero-order valence-corrected chi connectivity index (χ0v) is 25.8. The van der Waals surface area contributed by atoms with Crippen LogP contribution in [-0.2, 0) is 20.1 Å². The van der Waals surface area contributed by atoms with Gasteiger partial charge in [-0.1, -0.05) is 36.2 Å².